The average Bonchev–Trinajstić information content (AvgIpc) is 2.58. The molecule has 0 saturated carbocycles. The van der Waals surface area contributed by atoms with Crippen molar-refractivity contribution >= 4 is 38.3 Å². The highest BCUT2D eigenvalue weighted by molar-refractivity contribution is 7.22. The molecule has 3 nitrogen and oxygen atoms in total. The van der Waals surface area contributed by atoms with Gasteiger partial charge in [0.1, 0.15) is 5.75 Å². The summed E-state index contributed by atoms with van der Waals surface area (Å²) in [6.45, 7) is 0. The fourth-order valence-electron chi connectivity index (χ4n) is 1.19. The Labute approximate surface area is 90.7 Å². The van der Waals surface area contributed by atoms with E-state index in [0.29, 0.717) is 10.8 Å². The number of methoxy groups -OCH3 is 1. The Kier molecular flexibility index (Phi) is 2.48. The van der Waals surface area contributed by atoms with E-state index in [9.17, 15) is 0 Å². The number of fused-ring (bicyclic) bond motifs is 1. The van der Waals surface area contributed by atoms with Crippen LogP contribution in [-0.2, 0) is 0 Å². The Morgan fingerprint density at radius 1 is 1.50 bits per heavy atom. The van der Waals surface area contributed by atoms with Crippen LogP contribution < -0.4 is 10.1 Å². The first-order valence-electron chi connectivity index (χ1n) is 4.06. The van der Waals surface area contributed by atoms with Crippen LogP contribution in [0.15, 0.2) is 12.1 Å². The zero-order valence-corrected chi connectivity index (χ0v) is 9.37. The molecular formula is C9H9ClN2OS. The summed E-state index contributed by atoms with van der Waals surface area (Å²) < 4.78 is 6.19. The van der Waals surface area contributed by atoms with Crippen LogP contribution in [-0.4, -0.2) is 19.1 Å². The van der Waals surface area contributed by atoms with Crippen molar-refractivity contribution in [3.8, 4) is 5.75 Å². The minimum absolute atomic E-state index is 0.591. The normalized spacial score (nSPS) is 10.5. The van der Waals surface area contributed by atoms with E-state index in [2.05, 4.69) is 10.3 Å². The molecule has 1 aromatic heterocycles. The van der Waals surface area contributed by atoms with Crippen LogP contribution in [0.1, 0.15) is 0 Å². The zero-order valence-electron chi connectivity index (χ0n) is 7.80. The SMILES string of the molecule is CNc1nc2cc(Cl)c(OC)cc2s1. The lowest BCUT2D eigenvalue weighted by Gasteiger charge is -2.00. The van der Waals surface area contributed by atoms with Crippen molar-refractivity contribution in [3.63, 3.8) is 0 Å². The number of rotatable bonds is 2. The third-order valence-corrected chi connectivity index (χ3v) is 3.21. The lowest BCUT2D eigenvalue weighted by molar-refractivity contribution is 0.415. The third kappa shape index (κ3) is 1.51. The molecule has 1 N–H and O–H groups in total. The van der Waals surface area contributed by atoms with Crippen molar-refractivity contribution in [2.24, 2.45) is 0 Å². The molecule has 0 unspecified atom stereocenters. The van der Waals surface area contributed by atoms with Crippen molar-refractivity contribution in [1.82, 2.24) is 4.98 Å². The second kappa shape index (κ2) is 3.63. The van der Waals surface area contributed by atoms with Crippen molar-refractivity contribution < 1.29 is 4.74 Å². The van der Waals surface area contributed by atoms with Gasteiger partial charge >= 0.3 is 0 Å². The minimum Gasteiger partial charge on any atom is -0.495 e. The summed E-state index contributed by atoms with van der Waals surface area (Å²) in [4.78, 5) is 4.33. The van der Waals surface area contributed by atoms with Gasteiger partial charge in [0.05, 0.1) is 22.3 Å². The summed E-state index contributed by atoms with van der Waals surface area (Å²) in [5, 5.41) is 4.47. The minimum atomic E-state index is 0.591. The highest BCUT2D eigenvalue weighted by Crippen LogP contribution is 2.34. The summed E-state index contributed by atoms with van der Waals surface area (Å²) in [5.74, 6) is 0.686. The molecule has 1 heterocycles. The number of aromatic nitrogens is 1. The van der Waals surface area contributed by atoms with Crippen LogP contribution in [0.3, 0.4) is 0 Å². The maximum absolute atomic E-state index is 5.98. The molecule has 0 radical (unpaired) electrons. The molecule has 1 aromatic carbocycles. The highest BCUT2D eigenvalue weighted by Gasteiger charge is 2.07. The smallest absolute Gasteiger partial charge is 0.183 e. The van der Waals surface area contributed by atoms with Gasteiger partial charge in [0, 0.05) is 13.1 Å². The maximum atomic E-state index is 5.98. The molecule has 0 spiro atoms. The van der Waals surface area contributed by atoms with Crippen LogP contribution in [0.2, 0.25) is 5.02 Å². The Hall–Kier alpha value is -1.00. The predicted octanol–water partition coefficient (Wildman–Crippen LogP) is 3.00. The van der Waals surface area contributed by atoms with Gasteiger partial charge in [0.2, 0.25) is 0 Å². The van der Waals surface area contributed by atoms with Gasteiger partial charge in [-0.2, -0.15) is 0 Å². The summed E-state index contributed by atoms with van der Waals surface area (Å²) in [6.07, 6.45) is 0. The Morgan fingerprint density at radius 3 is 2.93 bits per heavy atom. The van der Waals surface area contributed by atoms with Crippen LogP contribution in [0.25, 0.3) is 10.2 Å². The van der Waals surface area contributed by atoms with Crippen LogP contribution >= 0.6 is 22.9 Å². The van der Waals surface area contributed by atoms with E-state index >= 15 is 0 Å². The fraction of sp³-hybridized carbons (Fsp3) is 0.222. The molecule has 0 amide bonds. The zero-order chi connectivity index (χ0) is 10.1. The van der Waals surface area contributed by atoms with Gasteiger partial charge in [0.15, 0.2) is 5.13 Å². The molecule has 0 bridgehead atoms. The molecule has 0 atom stereocenters. The molecule has 5 heteroatoms. The first-order chi connectivity index (χ1) is 6.74. The molecular weight excluding hydrogens is 220 g/mol. The van der Waals surface area contributed by atoms with Crippen LogP contribution in [0.5, 0.6) is 5.75 Å². The fourth-order valence-corrected chi connectivity index (χ4v) is 2.26. The highest BCUT2D eigenvalue weighted by atomic mass is 35.5. The molecule has 14 heavy (non-hydrogen) atoms. The van der Waals surface area contributed by atoms with Crippen LogP contribution in [0.4, 0.5) is 5.13 Å². The number of halogens is 1. The van der Waals surface area contributed by atoms with Gasteiger partial charge < -0.3 is 10.1 Å². The Morgan fingerprint density at radius 2 is 2.29 bits per heavy atom. The number of nitrogens with one attached hydrogen (secondary N) is 1. The number of benzene rings is 1. The van der Waals surface area contributed by atoms with E-state index in [1.165, 1.54) is 0 Å². The number of nitrogens with zero attached hydrogens (tertiary/aromatic N) is 1. The van der Waals surface area contributed by atoms with E-state index in [4.69, 9.17) is 16.3 Å². The first kappa shape index (κ1) is 9.55. The summed E-state index contributed by atoms with van der Waals surface area (Å²) >= 11 is 7.55. The summed E-state index contributed by atoms with van der Waals surface area (Å²) in [6, 6.07) is 3.71. The van der Waals surface area contributed by atoms with Crippen molar-refractivity contribution in [2.75, 3.05) is 19.5 Å². The molecule has 2 aromatic rings. The van der Waals surface area contributed by atoms with Gasteiger partial charge in [-0.1, -0.05) is 22.9 Å². The number of ether oxygens (including phenoxy) is 1. The third-order valence-electron chi connectivity index (χ3n) is 1.88. The van der Waals surface area contributed by atoms with E-state index in [-0.39, 0.29) is 0 Å². The van der Waals surface area contributed by atoms with Crippen molar-refractivity contribution in [3.05, 3.63) is 17.2 Å². The maximum Gasteiger partial charge on any atom is 0.183 e. The molecule has 74 valence electrons. The molecule has 2 rings (SSSR count). The number of anilines is 1. The largest absolute Gasteiger partial charge is 0.495 e. The first-order valence-corrected chi connectivity index (χ1v) is 5.26. The monoisotopic (exact) mass is 228 g/mol. The number of hydrogen-bond donors (Lipinski definition) is 1. The van der Waals surface area contributed by atoms with Crippen molar-refractivity contribution in [2.45, 2.75) is 0 Å². The van der Waals surface area contributed by atoms with Gasteiger partial charge in [-0.3, -0.25) is 0 Å². The second-order valence-corrected chi connectivity index (χ2v) is 4.16. The topological polar surface area (TPSA) is 34.2 Å². The molecule has 0 aliphatic rings. The van der Waals surface area contributed by atoms with E-state index in [1.54, 1.807) is 18.4 Å². The number of hydrogen-bond acceptors (Lipinski definition) is 4. The standard InChI is InChI=1S/C9H9ClN2OS/c1-11-9-12-6-3-5(10)7(13-2)4-8(6)14-9/h3-4H,1-2H3,(H,11,12). The second-order valence-electron chi connectivity index (χ2n) is 2.72. The van der Waals surface area contributed by atoms with E-state index in [0.717, 1.165) is 15.3 Å². The average molecular weight is 229 g/mol. The molecule has 0 aliphatic heterocycles. The van der Waals surface area contributed by atoms with Gasteiger partial charge in [-0.05, 0) is 6.07 Å². The Bertz CT molecular complexity index is 469. The van der Waals surface area contributed by atoms with E-state index in [1.807, 2.05) is 19.2 Å². The van der Waals surface area contributed by atoms with Crippen molar-refractivity contribution in [1.29, 1.82) is 0 Å². The van der Waals surface area contributed by atoms with Gasteiger partial charge in [0.25, 0.3) is 0 Å². The predicted molar refractivity (Wildman–Crippen MR) is 60.7 cm³/mol. The quantitative estimate of drug-likeness (QED) is 0.858. The van der Waals surface area contributed by atoms with E-state index < -0.39 is 0 Å². The summed E-state index contributed by atoms with van der Waals surface area (Å²) in [7, 11) is 3.45. The van der Waals surface area contributed by atoms with Crippen LogP contribution in [0, 0.1) is 0 Å². The summed E-state index contributed by atoms with van der Waals surface area (Å²) in [5.41, 5.74) is 0.894. The molecule has 0 saturated heterocycles. The Balaban J connectivity index is 2.64. The van der Waals surface area contributed by atoms with Gasteiger partial charge in [-0.25, -0.2) is 4.98 Å². The van der Waals surface area contributed by atoms with Gasteiger partial charge in [-0.15, -0.1) is 0 Å². The molecule has 0 aliphatic carbocycles. The lowest BCUT2D eigenvalue weighted by atomic mass is 10.3. The number of thiazole rings is 1. The molecule has 0 fully saturated rings. The lowest BCUT2D eigenvalue weighted by Crippen LogP contribution is -1.84.